The highest BCUT2D eigenvalue weighted by atomic mass is 32.2. The molecule has 0 aromatic heterocycles. The molecule has 0 heterocycles. The van der Waals surface area contributed by atoms with Crippen molar-refractivity contribution in [1.29, 1.82) is 0 Å². The van der Waals surface area contributed by atoms with E-state index in [2.05, 4.69) is 18.6 Å². The van der Waals surface area contributed by atoms with Gasteiger partial charge < -0.3 is 4.74 Å². The highest BCUT2D eigenvalue weighted by Crippen LogP contribution is 2.17. The van der Waals surface area contributed by atoms with Crippen LogP contribution in [0.1, 0.15) is 45.6 Å². The minimum atomic E-state index is -3.41. The van der Waals surface area contributed by atoms with Gasteiger partial charge in [-0.3, -0.25) is 0 Å². The lowest BCUT2D eigenvalue weighted by Gasteiger charge is -2.10. The van der Waals surface area contributed by atoms with Crippen molar-refractivity contribution in [3.63, 3.8) is 0 Å². The summed E-state index contributed by atoms with van der Waals surface area (Å²) in [6.07, 6.45) is 0.844. The highest BCUT2D eigenvalue weighted by molar-refractivity contribution is 7.89. The Morgan fingerprint density at radius 3 is 2.20 bits per heavy atom. The minimum absolute atomic E-state index is 0.176. The lowest BCUT2D eigenvalue weighted by molar-refractivity contribution is 0.0778. The average molecular weight is 299 g/mol. The maximum atomic E-state index is 12.1. The van der Waals surface area contributed by atoms with Gasteiger partial charge in [0.1, 0.15) is 0 Å². The normalized spacial score (nSPS) is 12.3. The molecule has 20 heavy (non-hydrogen) atoms. The van der Waals surface area contributed by atoms with E-state index < -0.39 is 10.0 Å². The van der Waals surface area contributed by atoms with Crippen LogP contribution in [-0.4, -0.2) is 27.7 Å². The average Bonchev–Trinajstić information content (AvgIpc) is 2.38. The molecule has 0 bridgehead atoms. The molecule has 4 nitrogen and oxygen atoms in total. The van der Waals surface area contributed by atoms with Gasteiger partial charge in [0.25, 0.3) is 0 Å². The first kappa shape index (κ1) is 17.1. The number of nitrogens with one attached hydrogen (secondary N) is 1. The Bertz CT molecular complexity index is 492. The van der Waals surface area contributed by atoms with Crippen LogP contribution in [0.5, 0.6) is 0 Å². The summed E-state index contributed by atoms with van der Waals surface area (Å²) in [5.41, 5.74) is 1.13. The number of hydrogen-bond donors (Lipinski definition) is 1. The van der Waals surface area contributed by atoms with Crippen LogP contribution in [0.25, 0.3) is 0 Å². The van der Waals surface area contributed by atoms with Crippen molar-refractivity contribution >= 4 is 10.0 Å². The summed E-state index contributed by atoms with van der Waals surface area (Å²) in [6.45, 7) is 9.03. The van der Waals surface area contributed by atoms with Gasteiger partial charge in [0, 0.05) is 13.2 Å². The molecular weight excluding hydrogens is 274 g/mol. The highest BCUT2D eigenvalue weighted by Gasteiger charge is 2.13. The molecule has 0 aliphatic carbocycles. The minimum Gasteiger partial charge on any atom is -0.379 e. The van der Waals surface area contributed by atoms with Crippen LogP contribution < -0.4 is 4.72 Å². The van der Waals surface area contributed by atoms with E-state index >= 15 is 0 Å². The third-order valence-corrected chi connectivity index (χ3v) is 4.40. The third-order valence-electron chi connectivity index (χ3n) is 2.92. The Balaban J connectivity index is 2.52. The molecule has 0 unspecified atom stereocenters. The van der Waals surface area contributed by atoms with Gasteiger partial charge in [-0.05, 0) is 43.9 Å². The van der Waals surface area contributed by atoms with Crippen LogP contribution in [0.15, 0.2) is 29.2 Å². The van der Waals surface area contributed by atoms with Crippen LogP contribution in [-0.2, 0) is 14.8 Å². The smallest absolute Gasteiger partial charge is 0.240 e. The Morgan fingerprint density at radius 1 is 1.10 bits per heavy atom. The summed E-state index contributed by atoms with van der Waals surface area (Å²) in [4.78, 5) is 0.312. The molecule has 0 radical (unpaired) electrons. The number of hydrogen-bond acceptors (Lipinski definition) is 3. The van der Waals surface area contributed by atoms with Crippen LogP contribution in [0.4, 0.5) is 0 Å². The van der Waals surface area contributed by atoms with E-state index in [1.54, 1.807) is 12.1 Å². The lowest BCUT2D eigenvalue weighted by atomic mass is 10.0. The van der Waals surface area contributed by atoms with Crippen molar-refractivity contribution in [1.82, 2.24) is 4.72 Å². The summed E-state index contributed by atoms with van der Waals surface area (Å²) < 4.78 is 32.1. The first-order valence-corrected chi connectivity index (χ1v) is 8.52. The molecule has 114 valence electrons. The van der Waals surface area contributed by atoms with Gasteiger partial charge in [-0.15, -0.1) is 0 Å². The van der Waals surface area contributed by atoms with E-state index in [0.717, 1.165) is 5.56 Å². The van der Waals surface area contributed by atoms with Crippen LogP contribution in [0.3, 0.4) is 0 Å². The largest absolute Gasteiger partial charge is 0.379 e. The fourth-order valence-electron chi connectivity index (χ4n) is 1.71. The Hall–Kier alpha value is -0.910. The first-order chi connectivity index (χ1) is 9.33. The molecule has 0 atom stereocenters. The number of rotatable bonds is 8. The zero-order valence-corrected chi connectivity index (χ0v) is 13.5. The predicted molar refractivity (Wildman–Crippen MR) is 81.4 cm³/mol. The molecule has 0 saturated carbocycles. The summed E-state index contributed by atoms with van der Waals surface area (Å²) in [5.74, 6) is 0.396. The quantitative estimate of drug-likeness (QED) is 0.751. The van der Waals surface area contributed by atoms with Crippen molar-refractivity contribution < 1.29 is 13.2 Å². The molecule has 0 saturated heterocycles. The molecule has 1 aromatic rings. The van der Waals surface area contributed by atoms with Crippen LogP contribution in [0.2, 0.25) is 0 Å². The molecule has 0 amide bonds. The van der Waals surface area contributed by atoms with Crippen molar-refractivity contribution in [3.8, 4) is 0 Å². The Labute approximate surface area is 122 Å². The van der Waals surface area contributed by atoms with E-state index in [9.17, 15) is 8.42 Å². The van der Waals surface area contributed by atoms with Gasteiger partial charge in [0.15, 0.2) is 0 Å². The zero-order valence-electron chi connectivity index (χ0n) is 12.7. The molecular formula is C15H25NO3S. The maximum absolute atomic E-state index is 12.1. The van der Waals surface area contributed by atoms with Gasteiger partial charge in [0.2, 0.25) is 10.0 Å². The van der Waals surface area contributed by atoms with Gasteiger partial charge in [-0.1, -0.05) is 26.0 Å². The molecule has 0 spiro atoms. The van der Waals surface area contributed by atoms with Gasteiger partial charge >= 0.3 is 0 Å². The molecule has 1 aromatic carbocycles. The van der Waals surface area contributed by atoms with E-state index in [1.165, 1.54) is 0 Å². The first-order valence-electron chi connectivity index (χ1n) is 7.04. The van der Waals surface area contributed by atoms with E-state index in [1.807, 2.05) is 26.0 Å². The Morgan fingerprint density at radius 2 is 1.70 bits per heavy atom. The maximum Gasteiger partial charge on any atom is 0.240 e. The summed E-state index contributed by atoms with van der Waals surface area (Å²) in [5, 5.41) is 0. The van der Waals surface area contributed by atoms with E-state index in [4.69, 9.17) is 4.74 Å². The van der Waals surface area contributed by atoms with Gasteiger partial charge in [0.05, 0.1) is 11.0 Å². The predicted octanol–water partition coefficient (Wildman–Crippen LogP) is 2.90. The fourth-order valence-corrected chi connectivity index (χ4v) is 2.79. The van der Waals surface area contributed by atoms with Crippen LogP contribution in [0, 0.1) is 0 Å². The van der Waals surface area contributed by atoms with Crippen molar-refractivity contribution in [2.45, 2.75) is 51.0 Å². The van der Waals surface area contributed by atoms with Crippen LogP contribution >= 0.6 is 0 Å². The summed E-state index contributed by atoms with van der Waals surface area (Å²) in [7, 11) is -3.41. The molecule has 0 fully saturated rings. The summed E-state index contributed by atoms with van der Waals surface area (Å²) in [6, 6.07) is 7.03. The third kappa shape index (κ3) is 5.61. The number of benzene rings is 1. The molecule has 5 heteroatoms. The second kappa shape index (κ2) is 7.76. The fraction of sp³-hybridized carbons (Fsp3) is 0.600. The topological polar surface area (TPSA) is 55.4 Å². The zero-order chi connectivity index (χ0) is 15.2. The molecule has 1 N–H and O–H groups in total. The number of ether oxygens (including phenoxy) is 1. The standard InChI is InChI=1S/C15H25NO3S/c1-12(2)14-6-8-15(9-7-14)20(17,18)16-10-5-11-19-13(3)4/h6-9,12-13,16H,5,10-11H2,1-4H3. The second-order valence-corrected chi connectivity index (χ2v) is 7.16. The van der Waals surface area contributed by atoms with Gasteiger partial charge in [-0.25, -0.2) is 13.1 Å². The van der Waals surface area contributed by atoms with Gasteiger partial charge in [-0.2, -0.15) is 0 Å². The van der Waals surface area contributed by atoms with Crippen molar-refractivity contribution in [2.24, 2.45) is 0 Å². The molecule has 0 aliphatic rings. The van der Waals surface area contributed by atoms with Crippen molar-refractivity contribution in [2.75, 3.05) is 13.2 Å². The Kier molecular flexibility index (Phi) is 6.65. The summed E-state index contributed by atoms with van der Waals surface area (Å²) >= 11 is 0. The van der Waals surface area contributed by atoms with E-state index in [-0.39, 0.29) is 6.10 Å². The van der Waals surface area contributed by atoms with Crippen molar-refractivity contribution in [3.05, 3.63) is 29.8 Å². The molecule has 1 rings (SSSR count). The van der Waals surface area contributed by atoms with E-state index in [0.29, 0.717) is 30.4 Å². The molecule has 0 aliphatic heterocycles. The lowest BCUT2D eigenvalue weighted by Crippen LogP contribution is -2.25. The second-order valence-electron chi connectivity index (χ2n) is 5.39. The SMILES string of the molecule is CC(C)OCCCNS(=O)(=O)c1ccc(C(C)C)cc1. The monoisotopic (exact) mass is 299 g/mol. The number of sulfonamides is 1.